The molecule has 0 bridgehead atoms. The highest BCUT2D eigenvalue weighted by atomic mass is 16.1. The SMILES string of the molecule is CC(C)=CCC/C(C)=C/CCC1=CCC2C(=O)C#CC(=O)C2C1. The van der Waals surface area contributed by atoms with Gasteiger partial charge in [0.15, 0.2) is 0 Å². The Labute approximate surface area is 139 Å². The molecule has 0 heterocycles. The first-order valence-corrected chi connectivity index (χ1v) is 8.54. The quantitative estimate of drug-likeness (QED) is 0.409. The zero-order valence-electron chi connectivity index (χ0n) is 14.4. The first kappa shape index (κ1) is 17.5. The third kappa shape index (κ3) is 5.06. The Kier molecular flexibility index (Phi) is 6.16. The Morgan fingerprint density at radius 1 is 1.09 bits per heavy atom. The molecular weight excluding hydrogens is 284 g/mol. The van der Waals surface area contributed by atoms with Gasteiger partial charge >= 0.3 is 0 Å². The number of Topliss-reactive ketones (excluding diaryl/α,β-unsaturated/α-hetero) is 2. The molecule has 2 nitrogen and oxygen atoms in total. The van der Waals surface area contributed by atoms with Crippen molar-refractivity contribution in [2.24, 2.45) is 11.8 Å². The molecule has 2 unspecified atom stereocenters. The summed E-state index contributed by atoms with van der Waals surface area (Å²) in [7, 11) is 0. The second-order valence-electron chi connectivity index (χ2n) is 6.90. The van der Waals surface area contributed by atoms with Crippen LogP contribution < -0.4 is 0 Å². The summed E-state index contributed by atoms with van der Waals surface area (Å²) >= 11 is 0. The van der Waals surface area contributed by atoms with Gasteiger partial charge in [-0.25, -0.2) is 0 Å². The molecule has 2 heteroatoms. The second kappa shape index (κ2) is 8.11. The predicted molar refractivity (Wildman–Crippen MR) is 93.7 cm³/mol. The molecule has 0 amide bonds. The Hall–Kier alpha value is -1.88. The molecule has 0 N–H and O–H groups in total. The van der Waals surface area contributed by atoms with Crippen molar-refractivity contribution in [1.82, 2.24) is 0 Å². The van der Waals surface area contributed by atoms with Crippen molar-refractivity contribution in [1.29, 1.82) is 0 Å². The van der Waals surface area contributed by atoms with E-state index in [4.69, 9.17) is 0 Å². The summed E-state index contributed by atoms with van der Waals surface area (Å²) < 4.78 is 0. The Bertz CT molecular complexity index is 630. The van der Waals surface area contributed by atoms with Crippen LogP contribution in [0.3, 0.4) is 0 Å². The first-order valence-electron chi connectivity index (χ1n) is 8.54. The van der Waals surface area contributed by atoms with Crippen molar-refractivity contribution in [3.63, 3.8) is 0 Å². The largest absolute Gasteiger partial charge is 0.285 e. The molecule has 0 spiro atoms. The minimum Gasteiger partial charge on any atom is -0.285 e. The van der Waals surface area contributed by atoms with Crippen LogP contribution in [0.4, 0.5) is 0 Å². The first-order chi connectivity index (χ1) is 11.0. The molecule has 122 valence electrons. The van der Waals surface area contributed by atoms with Gasteiger partial charge in [0.1, 0.15) is 0 Å². The van der Waals surface area contributed by atoms with Gasteiger partial charge in [0.05, 0.1) is 0 Å². The highest BCUT2D eigenvalue weighted by Gasteiger charge is 2.36. The summed E-state index contributed by atoms with van der Waals surface area (Å²) in [5.41, 5.74) is 4.10. The van der Waals surface area contributed by atoms with Crippen LogP contribution in [-0.4, -0.2) is 11.6 Å². The van der Waals surface area contributed by atoms with Crippen LogP contribution in [0.15, 0.2) is 34.9 Å². The molecule has 2 rings (SSSR count). The molecule has 0 aromatic heterocycles. The Balaban J connectivity index is 1.82. The molecule has 0 radical (unpaired) electrons. The number of allylic oxidation sites excluding steroid dienone is 6. The molecule has 0 aromatic rings. The van der Waals surface area contributed by atoms with E-state index in [1.165, 1.54) is 16.7 Å². The zero-order chi connectivity index (χ0) is 16.8. The normalized spacial score (nSPS) is 23.6. The van der Waals surface area contributed by atoms with Crippen LogP contribution in [-0.2, 0) is 9.59 Å². The molecule has 0 aliphatic heterocycles. The molecule has 0 saturated heterocycles. The molecule has 0 fully saturated rings. The van der Waals surface area contributed by atoms with Crippen molar-refractivity contribution in [3.8, 4) is 11.8 Å². The fraction of sp³-hybridized carbons (Fsp3) is 0.524. The van der Waals surface area contributed by atoms with Crippen LogP contribution in [0.1, 0.15) is 59.3 Å². The smallest absolute Gasteiger partial charge is 0.210 e. The number of rotatable bonds is 6. The van der Waals surface area contributed by atoms with Gasteiger partial charge in [-0.05, 0) is 71.1 Å². The molecule has 0 saturated carbocycles. The van der Waals surface area contributed by atoms with Gasteiger partial charge in [-0.3, -0.25) is 9.59 Å². The highest BCUT2D eigenvalue weighted by molar-refractivity contribution is 6.12. The fourth-order valence-electron chi connectivity index (χ4n) is 3.24. The van der Waals surface area contributed by atoms with E-state index in [1.54, 1.807) is 0 Å². The van der Waals surface area contributed by atoms with Crippen LogP contribution in [0.5, 0.6) is 0 Å². The average molecular weight is 310 g/mol. The van der Waals surface area contributed by atoms with E-state index in [-0.39, 0.29) is 23.4 Å². The topological polar surface area (TPSA) is 34.1 Å². The lowest BCUT2D eigenvalue weighted by Gasteiger charge is -2.28. The van der Waals surface area contributed by atoms with Gasteiger partial charge in [0.2, 0.25) is 11.6 Å². The molecule has 2 aliphatic carbocycles. The maximum atomic E-state index is 11.9. The number of hydrogen-bond acceptors (Lipinski definition) is 2. The Morgan fingerprint density at radius 3 is 2.48 bits per heavy atom. The van der Waals surface area contributed by atoms with E-state index in [9.17, 15) is 9.59 Å². The summed E-state index contributed by atoms with van der Waals surface area (Å²) in [5.74, 6) is 4.45. The van der Waals surface area contributed by atoms with Crippen molar-refractivity contribution in [2.75, 3.05) is 0 Å². The van der Waals surface area contributed by atoms with Gasteiger partial charge in [-0.2, -0.15) is 0 Å². The minimum atomic E-state index is -0.188. The molecular formula is C21H26O2. The number of hydrogen-bond donors (Lipinski definition) is 0. The van der Waals surface area contributed by atoms with E-state index in [2.05, 4.69) is 50.8 Å². The lowest BCUT2D eigenvalue weighted by atomic mass is 9.72. The highest BCUT2D eigenvalue weighted by Crippen LogP contribution is 2.34. The third-order valence-corrected chi connectivity index (χ3v) is 4.66. The third-order valence-electron chi connectivity index (χ3n) is 4.66. The summed E-state index contributed by atoms with van der Waals surface area (Å²) in [6, 6.07) is 0. The summed E-state index contributed by atoms with van der Waals surface area (Å²) in [4.78, 5) is 23.7. The van der Waals surface area contributed by atoms with E-state index in [0.717, 1.165) is 25.7 Å². The fourth-order valence-corrected chi connectivity index (χ4v) is 3.24. The standard InChI is InChI=1S/C21H26O2/c1-15(2)6-4-7-16(3)8-5-9-17-10-11-18-19(14-17)21(23)13-12-20(18)22/h6,8,10,18-19H,4-5,7,9,11,14H2,1-3H3/b16-8+. The maximum Gasteiger partial charge on any atom is 0.210 e. The van der Waals surface area contributed by atoms with Gasteiger partial charge < -0.3 is 0 Å². The molecule has 23 heavy (non-hydrogen) atoms. The van der Waals surface area contributed by atoms with E-state index >= 15 is 0 Å². The van der Waals surface area contributed by atoms with Crippen molar-refractivity contribution >= 4 is 11.6 Å². The number of ketones is 2. The lowest BCUT2D eigenvalue weighted by Crippen LogP contribution is -2.34. The van der Waals surface area contributed by atoms with Crippen molar-refractivity contribution in [3.05, 3.63) is 34.9 Å². The van der Waals surface area contributed by atoms with Crippen LogP contribution >= 0.6 is 0 Å². The molecule has 2 atom stereocenters. The van der Waals surface area contributed by atoms with Gasteiger partial charge in [0.25, 0.3) is 0 Å². The minimum absolute atomic E-state index is 0.0476. The summed E-state index contributed by atoms with van der Waals surface area (Å²) in [5, 5.41) is 0. The van der Waals surface area contributed by atoms with Gasteiger partial charge in [-0.1, -0.05) is 34.9 Å². The van der Waals surface area contributed by atoms with Crippen LogP contribution in [0.25, 0.3) is 0 Å². The lowest BCUT2D eigenvalue weighted by molar-refractivity contribution is -0.127. The van der Waals surface area contributed by atoms with E-state index < -0.39 is 0 Å². The monoisotopic (exact) mass is 310 g/mol. The molecule has 2 aliphatic rings. The van der Waals surface area contributed by atoms with E-state index in [1.807, 2.05) is 0 Å². The van der Waals surface area contributed by atoms with Crippen LogP contribution in [0, 0.1) is 23.7 Å². The van der Waals surface area contributed by atoms with Gasteiger partial charge in [0, 0.05) is 11.8 Å². The predicted octanol–water partition coefficient (Wildman–Crippen LogP) is 4.57. The average Bonchev–Trinajstić information content (AvgIpc) is 2.51. The second-order valence-corrected chi connectivity index (χ2v) is 6.90. The summed E-state index contributed by atoms with van der Waals surface area (Å²) in [6.45, 7) is 6.44. The number of fused-ring (bicyclic) bond motifs is 1. The molecule has 0 aromatic carbocycles. The van der Waals surface area contributed by atoms with Crippen LogP contribution in [0.2, 0.25) is 0 Å². The maximum absolute atomic E-state index is 11.9. The number of carbonyl (C=O) groups excluding carboxylic acids is 2. The van der Waals surface area contributed by atoms with Gasteiger partial charge in [-0.15, -0.1) is 0 Å². The zero-order valence-corrected chi connectivity index (χ0v) is 14.4. The number of carbonyl (C=O) groups is 2. The van der Waals surface area contributed by atoms with E-state index in [0.29, 0.717) is 12.8 Å². The van der Waals surface area contributed by atoms with Crippen molar-refractivity contribution < 1.29 is 9.59 Å². The van der Waals surface area contributed by atoms with Crippen molar-refractivity contribution in [2.45, 2.75) is 59.3 Å². The Morgan fingerprint density at radius 2 is 1.78 bits per heavy atom. The summed E-state index contributed by atoms with van der Waals surface area (Å²) in [6.07, 6.45) is 12.3.